The highest BCUT2D eigenvalue weighted by molar-refractivity contribution is 9.10. The first-order valence-electron chi connectivity index (χ1n) is 7.61. The highest BCUT2D eigenvalue weighted by Crippen LogP contribution is 2.16. The first-order chi connectivity index (χ1) is 10.5. The Labute approximate surface area is 139 Å². The predicted molar refractivity (Wildman–Crippen MR) is 90.6 cm³/mol. The van der Waals surface area contributed by atoms with Gasteiger partial charge < -0.3 is 16.0 Å². The van der Waals surface area contributed by atoms with Gasteiger partial charge in [-0.2, -0.15) is 0 Å². The second-order valence-corrected chi connectivity index (χ2v) is 6.59. The number of piperidine rings is 1. The van der Waals surface area contributed by atoms with E-state index < -0.39 is 0 Å². The molecule has 0 aromatic heterocycles. The van der Waals surface area contributed by atoms with E-state index in [4.69, 9.17) is 0 Å². The third kappa shape index (κ3) is 5.42. The maximum absolute atomic E-state index is 12.0. The molecule has 0 radical (unpaired) electrons. The van der Waals surface area contributed by atoms with E-state index in [0.29, 0.717) is 12.6 Å². The smallest absolute Gasteiger partial charge is 0.226 e. The van der Waals surface area contributed by atoms with Crippen LogP contribution >= 0.6 is 15.9 Å². The molecule has 1 heterocycles. The van der Waals surface area contributed by atoms with E-state index in [1.807, 2.05) is 24.3 Å². The minimum Gasteiger partial charge on any atom is -0.355 e. The summed E-state index contributed by atoms with van der Waals surface area (Å²) in [4.78, 5) is 23.9. The largest absolute Gasteiger partial charge is 0.355 e. The van der Waals surface area contributed by atoms with Crippen molar-refractivity contribution in [3.05, 3.63) is 28.7 Å². The van der Waals surface area contributed by atoms with Crippen LogP contribution in [-0.4, -0.2) is 30.9 Å². The molecule has 1 saturated heterocycles. The van der Waals surface area contributed by atoms with Crippen molar-refractivity contribution in [3.63, 3.8) is 0 Å². The van der Waals surface area contributed by atoms with Crippen molar-refractivity contribution < 1.29 is 9.59 Å². The van der Waals surface area contributed by atoms with Gasteiger partial charge in [-0.05, 0) is 50.6 Å². The number of halogens is 1. The van der Waals surface area contributed by atoms with Gasteiger partial charge in [0.1, 0.15) is 0 Å². The summed E-state index contributed by atoms with van der Waals surface area (Å²) in [5.41, 5.74) is 0.756. The van der Waals surface area contributed by atoms with Crippen molar-refractivity contribution in [2.24, 2.45) is 5.92 Å². The number of hydrogen-bond acceptors (Lipinski definition) is 3. The summed E-state index contributed by atoms with van der Waals surface area (Å²) in [6.07, 6.45) is 2.00. The van der Waals surface area contributed by atoms with Gasteiger partial charge >= 0.3 is 0 Å². The van der Waals surface area contributed by atoms with E-state index in [0.717, 1.165) is 29.5 Å². The van der Waals surface area contributed by atoms with E-state index in [2.05, 4.69) is 38.8 Å². The lowest BCUT2D eigenvalue weighted by Crippen LogP contribution is -2.42. The third-order valence-electron chi connectivity index (χ3n) is 3.77. The summed E-state index contributed by atoms with van der Waals surface area (Å²) in [5.74, 6) is 0.0249. The summed E-state index contributed by atoms with van der Waals surface area (Å²) < 4.78 is 0.967. The Bertz CT molecular complexity index is 519. The molecule has 2 amide bonds. The van der Waals surface area contributed by atoms with Crippen LogP contribution in [0.2, 0.25) is 0 Å². The highest BCUT2D eigenvalue weighted by Gasteiger charge is 2.24. The Kier molecular flexibility index (Phi) is 6.39. The molecular formula is C16H22BrN3O2. The fraction of sp³-hybridized carbons (Fsp3) is 0.500. The molecule has 2 rings (SSSR count). The maximum atomic E-state index is 12.0. The fourth-order valence-electron chi connectivity index (χ4n) is 2.57. The molecule has 3 N–H and O–H groups in total. The minimum absolute atomic E-state index is 0.0600. The Morgan fingerprint density at radius 2 is 2.05 bits per heavy atom. The zero-order valence-electron chi connectivity index (χ0n) is 12.7. The molecule has 5 nitrogen and oxygen atoms in total. The van der Waals surface area contributed by atoms with Gasteiger partial charge in [-0.3, -0.25) is 9.59 Å². The standard InChI is InChI=1S/C16H22BrN3O2/c1-11-10-12(6-8-18-11)16(22)19-9-7-15(21)20-14-4-2-13(17)3-5-14/h2-5,11-12,18H,6-10H2,1H3,(H,19,22)(H,20,21)/t11-,12-/m0/s1. The number of nitrogens with one attached hydrogen (secondary N) is 3. The van der Waals surface area contributed by atoms with Crippen LogP contribution in [0.4, 0.5) is 5.69 Å². The summed E-state index contributed by atoms with van der Waals surface area (Å²) in [5, 5.41) is 9.00. The van der Waals surface area contributed by atoms with Crippen LogP contribution in [0.15, 0.2) is 28.7 Å². The summed E-state index contributed by atoms with van der Waals surface area (Å²) in [7, 11) is 0. The maximum Gasteiger partial charge on any atom is 0.226 e. The molecule has 22 heavy (non-hydrogen) atoms. The van der Waals surface area contributed by atoms with E-state index in [-0.39, 0.29) is 24.2 Å². The van der Waals surface area contributed by atoms with Crippen LogP contribution in [0.3, 0.4) is 0 Å². The second-order valence-electron chi connectivity index (χ2n) is 5.67. The van der Waals surface area contributed by atoms with Crippen molar-refractivity contribution in [1.82, 2.24) is 10.6 Å². The predicted octanol–water partition coefficient (Wildman–Crippen LogP) is 2.28. The summed E-state index contributed by atoms with van der Waals surface area (Å²) in [6, 6.07) is 7.78. The molecule has 1 fully saturated rings. The van der Waals surface area contributed by atoms with Crippen LogP contribution in [0.25, 0.3) is 0 Å². The Balaban J connectivity index is 1.68. The SMILES string of the molecule is C[C@H]1C[C@@H](C(=O)NCCC(=O)Nc2ccc(Br)cc2)CCN1. The van der Waals surface area contributed by atoms with Gasteiger partial charge in [0, 0.05) is 35.1 Å². The average molecular weight is 368 g/mol. The first-order valence-corrected chi connectivity index (χ1v) is 8.40. The molecular weight excluding hydrogens is 346 g/mol. The molecule has 1 aromatic carbocycles. The van der Waals surface area contributed by atoms with E-state index >= 15 is 0 Å². The monoisotopic (exact) mass is 367 g/mol. The van der Waals surface area contributed by atoms with Gasteiger partial charge in [0.2, 0.25) is 11.8 Å². The number of rotatable bonds is 5. The molecule has 0 aliphatic carbocycles. The van der Waals surface area contributed by atoms with Crippen molar-refractivity contribution in [3.8, 4) is 0 Å². The molecule has 0 bridgehead atoms. The third-order valence-corrected chi connectivity index (χ3v) is 4.30. The lowest BCUT2D eigenvalue weighted by Gasteiger charge is -2.27. The molecule has 0 unspecified atom stereocenters. The number of anilines is 1. The average Bonchev–Trinajstić information content (AvgIpc) is 2.49. The number of benzene rings is 1. The Hall–Kier alpha value is -1.40. The van der Waals surface area contributed by atoms with Gasteiger partial charge in [0.25, 0.3) is 0 Å². The number of carbonyl (C=O) groups is 2. The van der Waals surface area contributed by atoms with Crippen LogP contribution < -0.4 is 16.0 Å². The molecule has 1 aliphatic rings. The number of hydrogen-bond donors (Lipinski definition) is 3. The molecule has 120 valence electrons. The topological polar surface area (TPSA) is 70.2 Å². The molecule has 0 saturated carbocycles. The van der Waals surface area contributed by atoms with Crippen molar-refractivity contribution in [2.45, 2.75) is 32.2 Å². The normalized spacial score (nSPS) is 21.2. The van der Waals surface area contributed by atoms with E-state index in [1.54, 1.807) is 0 Å². The van der Waals surface area contributed by atoms with Gasteiger partial charge in [0.15, 0.2) is 0 Å². The van der Waals surface area contributed by atoms with Crippen molar-refractivity contribution in [2.75, 3.05) is 18.4 Å². The Morgan fingerprint density at radius 1 is 1.32 bits per heavy atom. The van der Waals surface area contributed by atoms with Crippen LogP contribution in [0, 0.1) is 5.92 Å². The molecule has 1 aromatic rings. The van der Waals surface area contributed by atoms with Gasteiger partial charge in [-0.25, -0.2) is 0 Å². The van der Waals surface area contributed by atoms with Gasteiger partial charge in [-0.1, -0.05) is 15.9 Å². The molecule has 0 spiro atoms. The quantitative estimate of drug-likeness (QED) is 0.747. The van der Waals surface area contributed by atoms with Gasteiger partial charge in [0.05, 0.1) is 0 Å². The lowest BCUT2D eigenvalue weighted by atomic mass is 9.92. The molecule has 1 aliphatic heterocycles. The van der Waals surface area contributed by atoms with Crippen molar-refractivity contribution in [1.29, 1.82) is 0 Å². The number of carbonyl (C=O) groups excluding carboxylic acids is 2. The first kappa shape index (κ1) is 17.0. The lowest BCUT2D eigenvalue weighted by molar-refractivity contribution is -0.126. The van der Waals surface area contributed by atoms with Crippen LogP contribution in [0.1, 0.15) is 26.2 Å². The molecule has 6 heteroatoms. The van der Waals surface area contributed by atoms with Gasteiger partial charge in [-0.15, -0.1) is 0 Å². The Morgan fingerprint density at radius 3 is 2.73 bits per heavy atom. The molecule has 2 atom stereocenters. The fourth-order valence-corrected chi connectivity index (χ4v) is 2.83. The number of amides is 2. The van der Waals surface area contributed by atoms with Crippen LogP contribution in [0.5, 0.6) is 0 Å². The second kappa shape index (κ2) is 8.29. The minimum atomic E-state index is -0.0960. The van der Waals surface area contributed by atoms with Crippen LogP contribution in [-0.2, 0) is 9.59 Å². The zero-order chi connectivity index (χ0) is 15.9. The van der Waals surface area contributed by atoms with E-state index in [9.17, 15) is 9.59 Å². The van der Waals surface area contributed by atoms with E-state index in [1.165, 1.54) is 0 Å². The summed E-state index contributed by atoms with van der Waals surface area (Å²) in [6.45, 7) is 3.34. The zero-order valence-corrected chi connectivity index (χ0v) is 14.3. The highest BCUT2D eigenvalue weighted by atomic mass is 79.9. The summed E-state index contributed by atoms with van der Waals surface area (Å²) >= 11 is 3.35. The van der Waals surface area contributed by atoms with Crippen molar-refractivity contribution >= 4 is 33.4 Å².